The summed E-state index contributed by atoms with van der Waals surface area (Å²) < 4.78 is 5.43. The second-order valence-corrected chi connectivity index (χ2v) is 6.04. The van der Waals surface area contributed by atoms with E-state index in [9.17, 15) is 9.59 Å². The van der Waals surface area contributed by atoms with Crippen molar-refractivity contribution in [2.24, 2.45) is 5.10 Å². The van der Waals surface area contributed by atoms with E-state index in [4.69, 9.17) is 4.74 Å². The van der Waals surface area contributed by atoms with Gasteiger partial charge in [0.25, 0.3) is 0 Å². The minimum Gasteiger partial charge on any atom is -0.490 e. The van der Waals surface area contributed by atoms with Crippen LogP contribution in [0.3, 0.4) is 0 Å². The van der Waals surface area contributed by atoms with Crippen molar-refractivity contribution < 1.29 is 14.3 Å². The van der Waals surface area contributed by atoms with Gasteiger partial charge in [-0.15, -0.1) is 0 Å². The summed E-state index contributed by atoms with van der Waals surface area (Å²) in [5.74, 6) is 0.0186. The van der Waals surface area contributed by atoms with Gasteiger partial charge in [-0.2, -0.15) is 5.10 Å². The predicted molar refractivity (Wildman–Crippen MR) is 97.5 cm³/mol. The Morgan fingerprint density at radius 1 is 1.24 bits per heavy atom. The van der Waals surface area contributed by atoms with Crippen molar-refractivity contribution in [1.82, 2.24) is 10.7 Å². The highest BCUT2D eigenvalue weighted by Gasteiger charge is 2.17. The highest BCUT2D eigenvalue weighted by atomic mass is 16.5. The molecule has 0 bridgehead atoms. The van der Waals surface area contributed by atoms with E-state index in [1.165, 1.54) is 12.6 Å². The SMILES string of the molecule is C=CCOc1cccc(/C=N\NC(=O)CC(=O)NC2CCCCC2)c1. The molecule has 0 aliphatic heterocycles. The number of nitrogens with zero attached hydrogens (tertiary/aromatic N) is 1. The summed E-state index contributed by atoms with van der Waals surface area (Å²) in [4.78, 5) is 23.6. The molecule has 0 radical (unpaired) electrons. The van der Waals surface area contributed by atoms with E-state index in [-0.39, 0.29) is 18.4 Å². The summed E-state index contributed by atoms with van der Waals surface area (Å²) in [7, 11) is 0. The summed E-state index contributed by atoms with van der Waals surface area (Å²) in [6.45, 7) is 4.02. The first-order chi connectivity index (χ1) is 12.2. The lowest BCUT2D eigenvalue weighted by Gasteiger charge is -2.22. The van der Waals surface area contributed by atoms with Gasteiger partial charge in [0.15, 0.2) is 0 Å². The van der Waals surface area contributed by atoms with E-state index >= 15 is 0 Å². The molecule has 6 nitrogen and oxygen atoms in total. The van der Waals surface area contributed by atoms with Crippen molar-refractivity contribution in [3.05, 3.63) is 42.5 Å². The van der Waals surface area contributed by atoms with Crippen molar-refractivity contribution in [3.63, 3.8) is 0 Å². The lowest BCUT2D eigenvalue weighted by atomic mass is 9.95. The number of hydrogen-bond donors (Lipinski definition) is 2. The van der Waals surface area contributed by atoms with Crippen LogP contribution < -0.4 is 15.5 Å². The Labute approximate surface area is 148 Å². The number of carbonyl (C=O) groups is 2. The maximum absolute atomic E-state index is 11.9. The van der Waals surface area contributed by atoms with Gasteiger partial charge in [-0.1, -0.05) is 44.1 Å². The van der Waals surface area contributed by atoms with Crippen LogP contribution >= 0.6 is 0 Å². The third-order valence-corrected chi connectivity index (χ3v) is 3.92. The van der Waals surface area contributed by atoms with Crippen LogP contribution in [0.1, 0.15) is 44.1 Å². The van der Waals surface area contributed by atoms with Crippen LogP contribution in [0.25, 0.3) is 0 Å². The molecule has 2 rings (SSSR count). The number of benzene rings is 1. The molecule has 134 valence electrons. The number of carbonyl (C=O) groups excluding carboxylic acids is 2. The van der Waals surface area contributed by atoms with Crippen LogP contribution in [-0.2, 0) is 9.59 Å². The van der Waals surface area contributed by atoms with Gasteiger partial charge in [0.1, 0.15) is 18.8 Å². The van der Waals surface area contributed by atoms with Gasteiger partial charge < -0.3 is 10.1 Å². The molecule has 0 spiro atoms. The average molecular weight is 343 g/mol. The van der Waals surface area contributed by atoms with Gasteiger partial charge in [-0.3, -0.25) is 9.59 Å². The third-order valence-electron chi connectivity index (χ3n) is 3.92. The average Bonchev–Trinajstić information content (AvgIpc) is 2.61. The van der Waals surface area contributed by atoms with Crippen LogP contribution in [0.4, 0.5) is 0 Å². The number of hydrazone groups is 1. The first-order valence-electron chi connectivity index (χ1n) is 8.62. The van der Waals surface area contributed by atoms with Gasteiger partial charge in [0.2, 0.25) is 11.8 Å². The Balaban J connectivity index is 1.74. The Hall–Kier alpha value is -2.63. The molecule has 1 aromatic rings. The maximum Gasteiger partial charge on any atom is 0.249 e. The van der Waals surface area contributed by atoms with Gasteiger partial charge in [-0.05, 0) is 30.5 Å². The fraction of sp³-hybridized carbons (Fsp3) is 0.421. The van der Waals surface area contributed by atoms with Crippen molar-refractivity contribution in [1.29, 1.82) is 0 Å². The first-order valence-corrected chi connectivity index (χ1v) is 8.62. The standard InChI is InChI=1S/C19H25N3O3/c1-2-11-25-17-10-6-7-15(12-17)14-20-22-19(24)13-18(23)21-16-8-4-3-5-9-16/h2,6-7,10,12,14,16H,1,3-5,8-9,11,13H2,(H,21,23)(H,22,24)/b20-14-. The van der Waals surface area contributed by atoms with Crippen LogP contribution in [0.15, 0.2) is 42.0 Å². The summed E-state index contributed by atoms with van der Waals surface area (Å²) >= 11 is 0. The minimum absolute atomic E-state index is 0.204. The lowest BCUT2D eigenvalue weighted by Crippen LogP contribution is -2.38. The lowest BCUT2D eigenvalue weighted by molar-refractivity contribution is -0.129. The molecular weight excluding hydrogens is 318 g/mol. The third kappa shape index (κ3) is 7.20. The van der Waals surface area contributed by atoms with Crippen LogP contribution in [0.5, 0.6) is 5.75 Å². The molecule has 1 aromatic carbocycles. The Morgan fingerprint density at radius 3 is 2.80 bits per heavy atom. The van der Waals surface area contributed by atoms with E-state index in [1.807, 2.05) is 18.2 Å². The molecule has 6 heteroatoms. The van der Waals surface area contributed by atoms with Crippen molar-refractivity contribution >= 4 is 18.0 Å². The molecule has 1 saturated carbocycles. The molecule has 0 saturated heterocycles. The second kappa shape index (κ2) is 10.3. The van der Waals surface area contributed by atoms with Crippen LogP contribution in [0, 0.1) is 0 Å². The normalized spacial score (nSPS) is 14.9. The Kier molecular flexibility index (Phi) is 7.69. The zero-order valence-electron chi connectivity index (χ0n) is 14.4. The molecule has 0 atom stereocenters. The molecule has 1 fully saturated rings. The zero-order chi connectivity index (χ0) is 17.9. The number of amides is 2. The first kappa shape index (κ1) is 18.7. The zero-order valence-corrected chi connectivity index (χ0v) is 14.4. The highest BCUT2D eigenvalue weighted by Crippen LogP contribution is 2.17. The van der Waals surface area contributed by atoms with E-state index < -0.39 is 5.91 Å². The number of hydrogen-bond acceptors (Lipinski definition) is 4. The molecule has 1 aliphatic rings. The fourth-order valence-electron chi connectivity index (χ4n) is 2.73. The quantitative estimate of drug-likeness (QED) is 0.329. The molecule has 2 amide bonds. The van der Waals surface area contributed by atoms with Crippen molar-refractivity contribution in [2.75, 3.05) is 6.61 Å². The summed E-state index contributed by atoms with van der Waals surface area (Å²) in [5, 5.41) is 6.79. The smallest absolute Gasteiger partial charge is 0.249 e. The summed E-state index contributed by atoms with van der Waals surface area (Å²) in [5.41, 5.74) is 3.16. The monoisotopic (exact) mass is 343 g/mol. The maximum atomic E-state index is 11.9. The topological polar surface area (TPSA) is 79.8 Å². The van der Waals surface area contributed by atoms with Crippen LogP contribution in [0.2, 0.25) is 0 Å². The van der Waals surface area contributed by atoms with Gasteiger partial charge >= 0.3 is 0 Å². The largest absolute Gasteiger partial charge is 0.490 e. The molecule has 1 aliphatic carbocycles. The van der Waals surface area contributed by atoms with Gasteiger partial charge in [0, 0.05) is 6.04 Å². The van der Waals surface area contributed by atoms with Crippen LogP contribution in [-0.4, -0.2) is 30.7 Å². The van der Waals surface area contributed by atoms with E-state index in [1.54, 1.807) is 12.1 Å². The number of ether oxygens (including phenoxy) is 1. The van der Waals surface area contributed by atoms with Gasteiger partial charge in [-0.25, -0.2) is 5.43 Å². The minimum atomic E-state index is -0.427. The predicted octanol–water partition coefficient (Wildman–Crippen LogP) is 2.54. The van der Waals surface area contributed by atoms with E-state index in [2.05, 4.69) is 22.4 Å². The summed E-state index contributed by atoms with van der Waals surface area (Å²) in [6.07, 6.45) is 8.45. The highest BCUT2D eigenvalue weighted by molar-refractivity contribution is 5.97. The molecule has 0 unspecified atom stereocenters. The molecular formula is C19H25N3O3. The molecule has 0 heterocycles. The Morgan fingerprint density at radius 2 is 2.04 bits per heavy atom. The van der Waals surface area contributed by atoms with E-state index in [0.29, 0.717) is 12.4 Å². The van der Waals surface area contributed by atoms with Crippen molar-refractivity contribution in [2.45, 2.75) is 44.6 Å². The van der Waals surface area contributed by atoms with E-state index in [0.717, 1.165) is 31.2 Å². The van der Waals surface area contributed by atoms with Gasteiger partial charge in [0.05, 0.1) is 6.21 Å². The summed E-state index contributed by atoms with van der Waals surface area (Å²) in [6, 6.07) is 7.51. The number of rotatable bonds is 8. The second-order valence-electron chi connectivity index (χ2n) is 6.04. The molecule has 0 aromatic heterocycles. The fourth-order valence-corrected chi connectivity index (χ4v) is 2.73. The van der Waals surface area contributed by atoms with Crippen molar-refractivity contribution in [3.8, 4) is 5.75 Å². The molecule has 2 N–H and O–H groups in total. The number of nitrogens with one attached hydrogen (secondary N) is 2. The Bertz CT molecular complexity index is 622. The molecule has 25 heavy (non-hydrogen) atoms.